The van der Waals surface area contributed by atoms with Crippen molar-refractivity contribution < 1.29 is 4.79 Å². The molecule has 2 heterocycles. The summed E-state index contributed by atoms with van der Waals surface area (Å²) in [6.45, 7) is 0.582. The minimum Gasteiger partial charge on any atom is -0.352 e. The molecule has 0 aliphatic carbocycles. The number of nitrogens with one attached hydrogen (secondary N) is 1. The largest absolute Gasteiger partial charge is 0.352 e. The van der Waals surface area contributed by atoms with Crippen LogP contribution in [0.4, 0.5) is 0 Å². The molecule has 0 bridgehead atoms. The highest BCUT2D eigenvalue weighted by Crippen LogP contribution is 2.19. The predicted molar refractivity (Wildman–Crippen MR) is 114 cm³/mol. The number of benzene rings is 2. The number of aromatic nitrogens is 3. The van der Waals surface area contributed by atoms with Crippen molar-refractivity contribution in [1.29, 1.82) is 0 Å². The number of carbonyl (C=O) groups is 1. The van der Waals surface area contributed by atoms with Gasteiger partial charge in [-0.2, -0.15) is 5.10 Å². The van der Waals surface area contributed by atoms with E-state index in [1.807, 2.05) is 66.9 Å². The number of hydrogen-bond acceptors (Lipinski definition) is 3. The Hall–Kier alpha value is -3.44. The summed E-state index contributed by atoms with van der Waals surface area (Å²) in [6, 6.07) is 21.1. The summed E-state index contributed by atoms with van der Waals surface area (Å²) in [4.78, 5) is 16.7. The Morgan fingerprint density at radius 2 is 1.76 bits per heavy atom. The maximum Gasteiger partial charge on any atom is 0.252 e. The SMILES string of the molecule is O=C(NCCc1ccccc1)c1ccc(-c2cnn(-c3ccc(Cl)cc3)c2)nc1. The second-order valence-electron chi connectivity index (χ2n) is 6.57. The van der Waals surface area contributed by atoms with Crippen LogP contribution in [-0.4, -0.2) is 27.2 Å². The molecule has 2 aromatic heterocycles. The van der Waals surface area contributed by atoms with Gasteiger partial charge in [0.1, 0.15) is 0 Å². The van der Waals surface area contributed by atoms with Crippen LogP contribution in [0.5, 0.6) is 0 Å². The second-order valence-corrected chi connectivity index (χ2v) is 7.01. The molecule has 0 unspecified atom stereocenters. The molecule has 0 aliphatic rings. The highest BCUT2D eigenvalue weighted by Gasteiger charge is 2.09. The van der Waals surface area contributed by atoms with Gasteiger partial charge < -0.3 is 5.32 Å². The fourth-order valence-corrected chi connectivity index (χ4v) is 3.08. The molecular formula is C23H19ClN4O. The lowest BCUT2D eigenvalue weighted by Gasteiger charge is -2.06. The summed E-state index contributed by atoms with van der Waals surface area (Å²) < 4.78 is 1.76. The average Bonchev–Trinajstić information content (AvgIpc) is 3.25. The van der Waals surface area contributed by atoms with Crippen LogP contribution in [0, 0.1) is 0 Å². The van der Waals surface area contributed by atoms with E-state index in [1.165, 1.54) is 5.56 Å². The van der Waals surface area contributed by atoms with Crippen LogP contribution in [0.3, 0.4) is 0 Å². The van der Waals surface area contributed by atoms with Crippen LogP contribution in [0.1, 0.15) is 15.9 Å². The topological polar surface area (TPSA) is 59.8 Å². The van der Waals surface area contributed by atoms with Crippen molar-refractivity contribution in [3.8, 4) is 16.9 Å². The molecule has 29 heavy (non-hydrogen) atoms. The molecule has 1 N–H and O–H groups in total. The summed E-state index contributed by atoms with van der Waals surface area (Å²) in [7, 11) is 0. The fourth-order valence-electron chi connectivity index (χ4n) is 2.96. The zero-order valence-corrected chi connectivity index (χ0v) is 16.4. The monoisotopic (exact) mass is 402 g/mol. The highest BCUT2D eigenvalue weighted by atomic mass is 35.5. The zero-order chi connectivity index (χ0) is 20.1. The van der Waals surface area contributed by atoms with Gasteiger partial charge in [0, 0.05) is 29.5 Å². The second kappa shape index (κ2) is 8.71. The Morgan fingerprint density at radius 3 is 2.48 bits per heavy atom. The van der Waals surface area contributed by atoms with Gasteiger partial charge in [0.2, 0.25) is 0 Å². The molecule has 4 aromatic rings. The van der Waals surface area contributed by atoms with Gasteiger partial charge >= 0.3 is 0 Å². The fraction of sp³-hybridized carbons (Fsp3) is 0.0870. The van der Waals surface area contributed by atoms with Crippen molar-refractivity contribution in [1.82, 2.24) is 20.1 Å². The van der Waals surface area contributed by atoms with Gasteiger partial charge in [0.25, 0.3) is 5.91 Å². The van der Waals surface area contributed by atoms with E-state index in [9.17, 15) is 4.79 Å². The first-order valence-electron chi connectivity index (χ1n) is 9.28. The van der Waals surface area contributed by atoms with Crippen molar-refractivity contribution in [2.24, 2.45) is 0 Å². The summed E-state index contributed by atoms with van der Waals surface area (Å²) in [5.41, 5.74) is 4.27. The van der Waals surface area contributed by atoms with Gasteiger partial charge in [0.15, 0.2) is 0 Å². The van der Waals surface area contributed by atoms with Crippen LogP contribution in [0.2, 0.25) is 5.02 Å². The Kier molecular flexibility index (Phi) is 5.68. The number of hydrogen-bond donors (Lipinski definition) is 1. The van der Waals surface area contributed by atoms with Gasteiger partial charge in [-0.25, -0.2) is 4.68 Å². The predicted octanol–water partition coefficient (Wildman–Crippen LogP) is 4.56. The van der Waals surface area contributed by atoms with E-state index >= 15 is 0 Å². The van der Waals surface area contributed by atoms with Crippen molar-refractivity contribution in [3.63, 3.8) is 0 Å². The van der Waals surface area contributed by atoms with Crippen molar-refractivity contribution >= 4 is 17.5 Å². The van der Waals surface area contributed by atoms with E-state index in [2.05, 4.69) is 15.4 Å². The Bertz CT molecular complexity index is 1090. The van der Waals surface area contributed by atoms with E-state index in [0.29, 0.717) is 17.1 Å². The van der Waals surface area contributed by atoms with Gasteiger partial charge in [-0.1, -0.05) is 41.9 Å². The smallest absolute Gasteiger partial charge is 0.252 e. The van der Waals surface area contributed by atoms with Crippen LogP contribution in [-0.2, 0) is 6.42 Å². The third-order valence-corrected chi connectivity index (χ3v) is 4.79. The number of nitrogens with zero attached hydrogens (tertiary/aromatic N) is 3. The normalized spacial score (nSPS) is 10.7. The molecule has 0 saturated carbocycles. The molecule has 0 spiro atoms. The first-order valence-corrected chi connectivity index (χ1v) is 9.66. The maximum absolute atomic E-state index is 12.3. The molecule has 2 aromatic carbocycles. The summed E-state index contributed by atoms with van der Waals surface area (Å²) >= 11 is 5.93. The van der Waals surface area contributed by atoms with Crippen LogP contribution < -0.4 is 5.32 Å². The van der Waals surface area contributed by atoms with Crippen molar-refractivity contribution in [2.75, 3.05) is 6.54 Å². The number of halogens is 1. The minimum atomic E-state index is -0.128. The first-order chi connectivity index (χ1) is 14.2. The third-order valence-electron chi connectivity index (χ3n) is 4.54. The molecule has 1 amide bonds. The Morgan fingerprint density at radius 1 is 0.966 bits per heavy atom. The number of amides is 1. The average molecular weight is 403 g/mol. The van der Waals surface area contributed by atoms with Crippen LogP contribution in [0.15, 0.2) is 85.3 Å². The molecule has 5 nitrogen and oxygen atoms in total. The number of pyridine rings is 1. The van der Waals surface area contributed by atoms with E-state index < -0.39 is 0 Å². The highest BCUT2D eigenvalue weighted by molar-refractivity contribution is 6.30. The molecule has 6 heteroatoms. The molecule has 0 radical (unpaired) electrons. The summed E-state index contributed by atoms with van der Waals surface area (Å²) in [5, 5.41) is 7.99. The third kappa shape index (κ3) is 4.70. The summed E-state index contributed by atoms with van der Waals surface area (Å²) in [6.07, 6.45) is 6.02. The molecule has 0 atom stereocenters. The van der Waals surface area contributed by atoms with E-state index in [1.54, 1.807) is 23.1 Å². The Balaban J connectivity index is 1.38. The first kappa shape index (κ1) is 18.9. The van der Waals surface area contributed by atoms with E-state index in [-0.39, 0.29) is 5.91 Å². The maximum atomic E-state index is 12.3. The van der Waals surface area contributed by atoms with Crippen LogP contribution in [0.25, 0.3) is 16.9 Å². The number of carbonyl (C=O) groups excluding carboxylic acids is 1. The summed E-state index contributed by atoms with van der Waals surface area (Å²) in [5.74, 6) is -0.128. The quantitative estimate of drug-likeness (QED) is 0.514. The van der Waals surface area contributed by atoms with Gasteiger partial charge in [-0.15, -0.1) is 0 Å². The van der Waals surface area contributed by atoms with Gasteiger partial charge in [-0.05, 0) is 48.4 Å². The van der Waals surface area contributed by atoms with E-state index in [0.717, 1.165) is 23.4 Å². The standard InChI is InChI=1S/C23H19ClN4O/c24-20-7-9-21(10-8-20)28-16-19(15-27-28)22-11-6-18(14-26-22)23(29)25-13-12-17-4-2-1-3-5-17/h1-11,14-16H,12-13H2,(H,25,29). The molecular weight excluding hydrogens is 384 g/mol. The van der Waals surface area contributed by atoms with Crippen molar-refractivity contribution in [3.05, 3.63) is 101 Å². The van der Waals surface area contributed by atoms with E-state index in [4.69, 9.17) is 11.6 Å². The minimum absolute atomic E-state index is 0.128. The molecule has 144 valence electrons. The van der Waals surface area contributed by atoms with Gasteiger partial charge in [-0.3, -0.25) is 9.78 Å². The molecule has 4 rings (SSSR count). The Labute approximate surface area is 174 Å². The zero-order valence-electron chi connectivity index (χ0n) is 15.6. The lowest BCUT2D eigenvalue weighted by molar-refractivity contribution is 0.0954. The van der Waals surface area contributed by atoms with Gasteiger partial charge in [0.05, 0.1) is 23.1 Å². The van der Waals surface area contributed by atoms with Crippen LogP contribution >= 0.6 is 11.6 Å². The number of rotatable bonds is 6. The lowest BCUT2D eigenvalue weighted by Crippen LogP contribution is -2.25. The lowest BCUT2D eigenvalue weighted by atomic mass is 10.1. The molecule has 0 aliphatic heterocycles. The molecule has 0 saturated heterocycles. The van der Waals surface area contributed by atoms with Crippen molar-refractivity contribution in [2.45, 2.75) is 6.42 Å². The molecule has 0 fully saturated rings.